The molecule has 4 unspecified atom stereocenters. The van der Waals surface area contributed by atoms with Crippen molar-refractivity contribution in [1.82, 2.24) is 5.32 Å². The van der Waals surface area contributed by atoms with Crippen LogP contribution in [0.4, 0.5) is 13.2 Å². The fraction of sp³-hybridized carbons (Fsp3) is 0.600. The zero-order chi connectivity index (χ0) is 14.3. The number of nitrogens with one attached hydrogen (secondary N) is 1. The lowest BCUT2D eigenvalue weighted by molar-refractivity contribution is -0.137. The molecule has 2 aliphatic rings. The first kappa shape index (κ1) is 13.9. The van der Waals surface area contributed by atoms with Crippen molar-refractivity contribution in [3.8, 4) is 0 Å². The molecule has 2 saturated heterocycles. The van der Waals surface area contributed by atoms with E-state index in [1.807, 2.05) is 7.05 Å². The van der Waals surface area contributed by atoms with Crippen molar-refractivity contribution in [2.24, 2.45) is 5.92 Å². The van der Waals surface area contributed by atoms with Gasteiger partial charge in [-0.3, -0.25) is 0 Å². The predicted octanol–water partition coefficient (Wildman–Crippen LogP) is 3.53. The van der Waals surface area contributed by atoms with Crippen molar-refractivity contribution in [3.05, 3.63) is 35.4 Å². The van der Waals surface area contributed by atoms with Crippen molar-refractivity contribution in [1.29, 1.82) is 0 Å². The minimum absolute atomic E-state index is 0.0626. The zero-order valence-electron chi connectivity index (χ0n) is 11.3. The smallest absolute Gasteiger partial charge is 0.375 e. The van der Waals surface area contributed by atoms with E-state index in [1.165, 1.54) is 0 Å². The molecule has 0 spiro atoms. The van der Waals surface area contributed by atoms with E-state index in [-0.39, 0.29) is 12.1 Å². The molecule has 2 heterocycles. The van der Waals surface area contributed by atoms with E-state index in [4.69, 9.17) is 4.74 Å². The topological polar surface area (TPSA) is 21.3 Å². The fourth-order valence-corrected chi connectivity index (χ4v) is 3.54. The van der Waals surface area contributed by atoms with Crippen LogP contribution in [-0.4, -0.2) is 19.3 Å². The average Bonchev–Trinajstić information content (AvgIpc) is 3.02. The second kappa shape index (κ2) is 5.04. The van der Waals surface area contributed by atoms with Crippen LogP contribution in [0.1, 0.15) is 36.4 Å². The molecule has 2 aliphatic heterocycles. The summed E-state index contributed by atoms with van der Waals surface area (Å²) in [5.74, 6) is 0.357. The summed E-state index contributed by atoms with van der Waals surface area (Å²) >= 11 is 0. The first-order valence-electron chi connectivity index (χ1n) is 6.99. The molecule has 1 aromatic rings. The first-order valence-corrected chi connectivity index (χ1v) is 6.99. The lowest BCUT2D eigenvalue weighted by Gasteiger charge is -2.28. The van der Waals surface area contributed by atoms with Gasteiger partial charge in [0, 0.05) is 12.0 Å². The first-order chi connectivity index (χ1) is 9.49. The highest BCUT2D eigenvalue weighted by atomic mass is 19.4. The van der Waals surface area contributed by atoms with Crippen LogP contribution < -0.4 is 5.32 Å². The maximum Gasteiger partial charge on any atom is 0.416 e. The van der Waals surface area contributed by atoms with Crippen molar-refractivity contribution < 1.29 is 17.9 Å². The van der Waals surface area contributed by atoms with Gasteiger partial charge in [-0.15, -0.1) is 0 Å². The highest BCUT2D eigenvalue weighted by Gasteiger charge is 2.44. The monoisotopic (exact) mass is 285 g/mol. The van der Waals surface area contributed by atoms with Crippen LogP contribution in [0.2, 0.25) is 0 Å². The lowest BCUT2D eigenvalue weighted by atomic mass is 9.81. The van der Waals surface area contributed by atoms with Crippen molar-refractivity contribution in [3.63, 3.8) is 0 Å². The van der Waals surface area contributed by atoms with Crippen LogP contribution >= 0.6 is 0 Å². The summed E-state index contributed by atoms with van der Waals surface area (Å²) < 4.78 is 43.6. The Morgan fingerprint density at radius 3 is 2.35 bits per heavy atom. The van der Waals surface area contributed by atoms with Gasteiger partial charge in [0.1, 0.15) is 0 Å². The largest absolute Gasteiger partial charge is 0.416 e. The Balaban J connectivity index is 1.79. The molecule has 5 heteroatoms. The Hall–Kier alpha value is -1.07. The molecule has 20 heavy (non-hydrogen) atoms. The van der Waals surface area contributed by atoms with E-state index in [0.717, 1.165) is 37.0 Å². The molecule has 1 aromatic carbocycles. The van der Waals surface area contributed by atoms with Crippen LogP contribution in [-0.2, 0) is 10.9 Å². The van der Waals surface area contributed by atoms with Gasteiger partial charge >= 0.3 is 6.18 Å². The summed E-state index contributed by atoms with van der Waals surface area (Å²) in [6, 6.07) is 5.54. The maximum absolute atomic E-state index is 12.6. The van der Waals surface area contributed by atoms with E-state index < -0.39 is 11.7 Å². The number of hydrogen-bond donors (Lipinski definition) is 1. The number of fused-ring (bicyclic) bond motifs is 2. The van der Waals surface area contributed by atoms with Crippen LogP contribution in [0.3, 0.4) is 0 Å². The van der Waals surface area contributed by atoms with Gasteiger partial charge < -0.3 is 10.1 Å². The van der Waals surface area contributed by atoms with E-state index in [9.17, 15) is 13.2 Å². The Labute approximate surface area is 116 Å². The summed E-state index contributed by atoms with van der Waals surface area (Å²) in [6.07, 6.45) is -0.505. The number of rotatable bonds is 3. The van der Waals surface area contributed by atoms with E-state index in [0.29, 0.717) is 12.0 Å². The third-order valence-electron chi connectivity index (χ3n) is 4.49. The van der Waals surface area contributed by atoms with Gasteiger partial charge in [0.05, 0.1) is 17.8 Å². The molecule has 0 radical (unpaired) electrons. The second-order valence-corrected chi connectivity index (χ2v) is 5.66. The molecule has 2 nitrogen and oxygen atoms in total. The maximum atomic E-state index is 12.6. The average molecular weight is 285 g/mol. The minimum atomic E-state index is -4.27. The third kappa shape index (κ3) is 2.44. The number of benzene rings is 1. The van der Waals surface area contributed by atoms with E-state index in [1.54, 1.807) is 12.1 Å². The van der Waals surface area contributed by atoms with Crippen LogP contribution in [0.15, 0.2) is 24.3 Å². The fourth-order valence-electron chi connectivity index (χ4n) is 3.54. The van der Waals surface area contributed by atoms with Crippen molar-refractivity contribution in [2.45, 2.75) is 43.7 Å². The zero-order valence-corrected chi connectivity index (χ0v) is 11.3. The van der Waals surface area contributed by atoms with Gasteiger partial charge in [-0.05, 0) is 44.0 Å². The Morgan fingerprint density at radius 1 is 1.20 bits per heavy atom. The van der Waals surface area contributed by atoms with Gasteiger partial charge in [-0.1, -0.05) is 12.1 Å². The molecule has 0 aliphatic carbocycles. The van der Waals surface area contributed by atoms with Crippen LogP contribution in [0, 0.1) is 5.92 Å². The molecular formula is C15H18F3NO. The molecule has 0 saturated carbocycles. The predicted molar refractivity (Wildman–Crippen MR) is 69.2 cm³/mol. The third-order valence-corrected chi connectivity index (χ3v) is 4.49. The van der Waals surface area contributed by atoms with Gasteiger partial charge in [0.25, 0.3) is 0 Å². The molecule has 2 fully saturated rings. The summed E-state index contributed by atoms with van der Waals surface area (Å²) in [7, 11) is 1.86. The summed E-state index contributed by atoms with van der Waals surface area (Å²) in [5, 5.41) is 3.24. The summed E-state index contributed by atoms with van der Waals surface area (Å²) in [4.78, 5) is 0. The second-order valence-electron chi connectivity index (χ2n) is 5.66. The minimum Gasteiger partial charge on any atom is -0.375 e. The highest BCUT2D eigenvalue weighted by Crippen LogP contribution is 2.44. The molecule has 0 aromatic heterocycles. The number of halogens is 3. The number of hydrogen-bond acceptors (Lipinski definition) is 2. The van der Waals surface area contributed by atoms with E-state index >= 15 is 0 Å². The molecule has 110 valence electrons. The van der Waals surface area contributed by atoms with Crippen molar-refractivity contribution >= 4 is 0 Å². The Kier molecular flexibility index (Phi) is 3.50. The van der Waals surface area contributed by atoms with Crippen LogP contribution in [0.5, 0.6) is 0 Å². The lowest BCUT2D eigenvalue weighted by Crippen LogP contribution is -2.31. The van der Waals surface area contributed by atoms with Gasteiger partial charge in [-0.2, -0.15) is 13.2 Å². The number of ether oxygens (including phenoxy) is 1. The van der Waals surface area contributed by atoms with Crippen molar-refractivity contribution in [2.75, 3.05) is 7.05 Å². The SMILES string of the molecule is CNC(c1ccc(C(F)(F)F)cc1)C1CC2CCC1O2. The molecule has 4 atom stereocenters. The Morgan fingerprint density at radius 2 is 1.90 bits per heavy atom. The molecule has 2 bridgehead atoms. The van der Waals surface area contributed by atoms with Crippen LogP contribution in [0.25, 0.3) is 0 Å². The molecule has 0 amide bonds. The standard InChI is InChI=1S/C15H18F3NO/c1-19-14(12-8-11-6-7-13(12)20-11)9-2-4-10(5-3-9)15(16,17)18/h2-5,11-14,19H,6-8H2,1H3. The molecule has 1 N–H and O–H groups in total. The summed E-state index contributed by atoms with van der Waals surface area (Å²) in [5.41, 5.74) is 0.307. The number of alkyl halides is 3. The van der Waals surface area contributed by atoms with Gasteiger partial charge in [-0.25, -0.2) is 0 Å². The van der Waals surface area contributed by atoms with Gasteiger partial charge in [0.15, 0.2) is 0 Å². The normalized spacial score (nSPS) is 30.7. The molecule has 3 rings (SSSR count). The van der Waals surface area contributed by atoms with E-state index in [2.05, 4.69) is 5.32 Å². The highest BCUT2D eigenvalue weighted by molar-refractivity contribution is 5.28. The Bertz CT molecular complexity index is 471. The summed E-state index contributed by atoms with van der Waals surface area (Å²) in [6.45, 7) is 0. The quantitative estimate of drug-likeness (QED) is 0.917. The molecular weight excluding hydrogens is 267 g/mol. The van der Waals surface area contributed by atoms with Gasteiger partial charge in [0.2, 0.25) is 0 Å².